The molecule has 1 fully saturated rings. The van der Waals surface area contributed by atoms with Crippen LogP contribution in [0, 0.1) is 17.5 Å². The number of ether oxygens (including phenoxy) is 1. The fourth-order valence-electron chi connectivity index (χ4n) is 6.04. The molecule has 1 atom stereocenters. The SMILES string of the molecule is NC(=O)c1cc(-c2cccnc2[C@@H](CC(=O)Cn2c(CN3CCOCC3)nc3ccccc32)Cc2cc(F)cc(F)c2)ccc1F. The van der Waals surface area contributed by atoms with Gasteiger partial charge < -0.3 is 15.0 Å². The lowest BCUT2D eigenvalue weighted by Gasteiger charge is -2.26. The molecule has 2 N–H and O–H groups in total. The van der Waals surface area contributed by atoms with Gasteiger partial charge in [-0.15, -0.1) is 0 Å². The van der Waals surface area contributed by atoms with Gasteiger partial charge in [0.25, 0.3) is 5.91 Å². The van der Waals surface area contributed by atoms with Gasteiger partial charge in [0.05, 0.1) is 48.6 Å². The number of carbonyl (C=O) groups excluding carboxylic acids is 2. The number of halogens is 3. The minimum atomic E-state index is -0.924. The summed E-state index contributed by atoms with van der Waals surface area (Å²) in [6, 6.07) is 18.3. The summed E-state index contributed by atoms with van der Waals surface area (Å²) in [4.78, 5) is 37.5. The van der Waals surface area contributed by atoms with Gasteiger partial charge in [-0.25, -0.2) is 18.2 Å². The number of carbonyl (C=O) groups is 2. The molecule has 3 heterocycles. The van der Waals surface area contributed by atoms with E-state index in [1.54, 1.807) is 18.3 Å². The number of rotatable bonds is 11. The molecular weight excluding hydrogens is 595 g/mol. The highest BCUT2D eigenvalue weighted by Crippen LogP contribution is 2.34. The van der Waals surface area contributed by atoms with Crippen molar-refractivity contribution in [2.45, 2.75) is 31.8 Å². The molecule has 236 valence electrons. The van der Waals surface area contributed by atoms with Crippen LogP contribution < -0.4 is 5.73 Å². The number of Topliss-reactive ketones (excluding diaryl/α,β-unsaturated/α-hetero) is 1. The van der Waals surface area contributed by atoms with Gasteiger partial charge in [-0.2, -0.15) is 0 Å². The van der Waals surface area contributed by atoms with Crippen LogP contribution in [-0.2, 0) is 29.0 Å². The number of nitrogens with zero attached hydrogens (tertiary/aromatic N) is 4. The van der Waals surface area contributed by atoms with E-state index in [0.717, 1.165) is 42.1 Å². The zero-order valence-corrected chi connectivity index (χ0v) is 25.0. The van der Waals surface area contributed by atoms with E-state index >= 15 is 0 Å². The van der Waals surface area contributed by atoms with Gasteiger partial charge in [0.2, 0.25) is 0 Å². The highest BCUT2D eigenvalue weighted by atomic mass is 19.1. The Morgan fingerprint density at radius 1 is 0.935 bits per heavy atom. The first-order valence-corrected chi connectivity index (χ1v) is 15.0. The van der Waals surface area contributed by atoms with Gasteiger partial charge in [0, 0.05) is 43.3 Å². The second-order valence-electron chi connectivity index (χ2n) is 11.4. The van der Waals surface area contributed by atoms with E-state index in [-0.39, 0.29) is 30.7 Å². The van der Waals surface area contributed by atoms with Gasteiger partial charge >= 0.3 is 0 Å². The molecule has 3 aromatic carbocycles. The van der Waals surface area contributed by atoms with Crippen molar-refractivity contribution < 1.29 is 27.5 Å². The monoisotopic (exact) mass is 627 g/mol. The first-order valence-electron chi connectivity index (χ1n) is 15.0. The number of morpholine rings is 1. The van der Waals surface area contributed by atoms with Crippen LogP contribution in [0.15, 0.2) is 79.0 Å². The third-order valence-corrected chi connectivity index (χ3v) is 8.18. The van der Waals surface area contributed by atoms with E-state index in [2.05, 4.69) is 9.88 Å². The average Bonchev–Trinajstić information content (AvgIpc) is 3.37. The zero-order chi connectivity index (χ0) is 32.2. The fraction of sp³-hybridized carbons (Fsp3) is 0.257. The summed E-state index contributed by atoms with van der Waals surface area (Å²) in [6.45, 7) is 3.35. The number of para-hydroxylation sites is 2. The molecule has 1 saturated heterocycles. The Bertz CT molecular complexity index is 1880. The minimum Gasteiger partial charge on any atom is -0.379 e. The summed E-state index contributed by atoms with van der Waals surface area (Å²) in [6.07, 6.45) is 1.64. The van der Waals surface area contributed by atoms with E-state index in [4.69, 9.17) is 15.5 Å². The number of imidazole rings is 1. The molecule has 0 radical (unpaired) electrons. The van der Waals surface area contributed by atoms with Crippen LogP contribution in [0.4, 0.5) is 13.2 Å². The Morgan fingerprint density at radius 3 is 2.46 bits per heavy atom. The predicted octanol–water partition coefficient (Wildman–Crippen LogP) is 5.43. The first-order chi connectivity index (χ1) is 22.2. The third kappa shape index (κ3) is 7.00. The molecule has 1 amide bonds. The molecule has 0 aliphatic carbocycles. The molecule has 1 aliphatic heterocycles. The Morgan fingerprint density at radius 2 is 1.70 bits per heavy atom. The standard InChI is InChI=1S/C35H32F3N5O3/c36-25-15-22(16-26(37)19-25)14-24(34-28(4-3-9-40-34)23-7-8-30(38)29(18-23)35(39)45)17-27(44)20-43-32-6-2-1-5-31(32)41-33(43)21-42-10-12-46-13-11-42/h1-9,15-16,18-19,24H,10-14,17,20-21H2,(H2,39,45)/t24-/m1/s1. The number of ketones is 1. The van der Waals surface area contributed by atoms with Crippen molar-refractivity contribution in [1.29, 1.82) is 0 Å². The molecule has 0 bridgehead atoms. The lowest BCUT2D eigenvalue weighted by Crippen LogP contribution is -2.36. The maximum Gasteiger partial charge on any atom is 0.251 e. The van der Waals surface area contributed by atoms with E-state index in [9.17, 15) is 22.8 Å². The normalized spacial score (nSPS) is 14.4. The molecular formula is C35H32F3N5O3. The summed E-state index contributed by atoms with van der Waals surface area (Å²) < 4.78 is 50.3. The van der Waals surface area contributed by atoms with Crippen molar-refractivity contribution in [2.24, 2.45) is 5.73 Å². The maximum atomic E-state index is 14.4. The van der Waals surface area contributed by atoms with Crippen molar-refractivity contribution in [3.8, 4) is 11.1 Å². The summed E-state index contributed by atoms with van der Waals surface area (Å²) in [5, 5.41) is 0. The molecule has 46 heavy (non-hydrogen) atoms. The summed E-state index contributed by atoms with van der Waals surface area (Å²) >= 11 is 0. The number of nitrogens with two attached hydrogens (primary N) is 1. The van der Waals surface area contributed by atoms with E-state index < -0.39 is 29.3 Å². The molecule has 1 aliphatic rings. The number of hydrogen-bond donors (Lipinski definition) is 1. The quantitative estimate of drug-likeness (QED) is 0.210. The second-order valence-corrected chi connectivity index (χ2v) is 11.4. The van der Waals surface area contributed by atoms with Crippen LogP contribution in [0.5, 0.6) is 0 Å². The lowest BCUT2D eigenvalue weighted by atomic mass is 9.86. The molecule has 2 aromatic heterocycles. The van der Waals surface area contributed by atoms with Crippen LogP contribution in [-0.4, -0.2) is 57.4 Å². The largest absolute Gasteiger partial charge is 0.379 e. The number of benzene rings is 3. The highest BCUT2D eigenvalue weighted by molar-refractivity contribution is 5.94. The molecule has 11 heteroatoms. The number of pyridine rings is 1. The van der Waals surface area contributed by atoms with Crippen LogP contribution >= 0.6 is 0 Å². The Labute approximate surface area is 263 Å². The number of fused-ring (bicyclic) bond motifs is 1. The van der Waals surface area contributed by atoms with Crippen LogP contribution in [0.3, 0.4) is 0 Å². The van der Waals surface area contributed by atoms with Crippen molar-refractivity contribution in [2.75, 3.05) is 26.3 Å². The highest BCUT2D eigenvalue weighted by Gasteiger charge is 2.25. The van der Waals surface area contributed by atoms with Crippen molar-refractivity contribution in [3.63, 3.8) is 0 Å². The van der Waals surface area contributed by atoms with Gasteiger partial charge in [0.1, 0.15) is 23.3 Å². The van der Waals surface area contributed by atoms with Crippen LogP contribution in [0.2, 0.25) is 0 Å². The van der Waals surface area contributed by atoms with Gasteiger partial charge in [-0.05, 0) is 60.0 Å². The Balaban J connectivity index is 1.36. The van der Waals surface area contributed by atoms with Gasteiger partial charge in [-0.1, -0.05) is 24.3 Å². The zero-order valence-electron chi connectivity index (χ0n) is 25.0. The fourth-order valence-corrected chi connectivity index (χ4v) is 6.04. The molecule has 0 unspecified atom stereocenters. The first kappa shape index (κ1) is 31.1. The molecule has 6 rings (SSSR count). The van der Waals surface area contributed by atoms with Crippen LogP contribution in [0.25, 0.3) is 22.2 Å². The maximum absolute atomic E-state index is 14.4. The Hall–Kier alpha value is -4.87. The number of amides is 1. The second kappa shape index (κ2) is 13.6. The average molecular weight is 628 g/mol. The summed E-state index contributed by atoms with van der Waals surface area (Å²) in [5.74, 6) is -3.15. The third-order valence-electron chi connectivity index (χ3n) is 8.18. The topological polar surface area (TPSA) is 103 Å². The van der Waals surface area contributed by atoms with E-state index in [1.165, 1.54) is 24.3 Å². The van der Waals surface area contributed by atoms with Gasteiger partial charge in [-0.3, -0.25) is 19.5 Å². The van der Waals surface area contributed by atoms with E-state index in [0.29, 0.717) is 42.1 Å². The lowest BCUT2D eigenvalue weighted by molar-refractivity contribution is -0.120. The molecule has 5 aromatic rings. The van der Waals surface area contributed by atoms with Gasteiger partial charge in [0.15, 0.2) is 5.78 Å². The van der Waals surface area contributed by atoms with Crippen molar-refractivity contribution in [1.82, 2.24) is 19.4 Å². The minimum absolute atomic E-state index is 0.0183. The number of primary amides is 1. The van der Waals surface area contributed by atoms with E-state index in [1.807, 2.05) is 28.8 Å². The number of aromatic nitrogens is 3. The molecule has 0 spiro atoms. The molecule has 8 nitrogen and oxygen atoms in total. The summed E-state index contributed by atoms with van der Waals surface area (Å²) in [7, 11) is 0. The van der Waals surface area contributed by atoms with Crippen molar-refractivity contribution in [3.05, 3.63) is 119 Å². The Kier molecular flexibility index (Phi) is 9.23. The summed E-state index contributed by atoms with van der Waals surface area (Å²) in [5.41, 5.74) is 8.55. The van der Waals surface area contributed by atoms with Crippen LogP contribution in [0.1, 0.15) is 39.8 Å². The smallest absolute Gasteiger partial charge is 0.251 e. The predicted molar refractivity (Wildman–Crippen MR) is 166 cm³/mol. The number of hydrogen-bond acceptors (Lipinski definition) is 6. The van der Waals surface area contributed by atoms with Crippen molar-refractivity contribution >= 4 is 22.7 Å². The molecule has 0 saturated carbocycles.